The molecule has 0 bridgehead atoms. The summed E-state index contributed by atoms with van der Waals surface area (Å²) in [6.07, 6.45) is 2.48. The van der Waals surface area contributed by atoms with Crippen LogP contribution < -0.4 is 10.9 Å². The molecule has 0 radical (unpaired) electrons. The minimum Gasteiger partial charge on any atom is -0.266 e. The Balaban J connectivity index is 1.35. The predicted molar refractivity (Wildman–Crippen MR) is 126 cm³/mol. The van der Waals surface area contributed by atoms with E-state index in [1.54, 1.807) is 0 Å². The van der Waals surface area contributed by atoms with Gasteiger partial charge in [-0.3, -0.25) is 9.59 Å². The second-order valence-electron chi connectivity index (χ2n) is 5.92. The van der Waals surface area contributed by atoms with Gasteiger partial charge in [0, 0.05) is 20.2 Å². The molecule has 6 nitrogen and oxygen atoms in total. The molecule has 2 N–H and O–H groups in total. The molecule has 0 aliphatic rings. The SMILES string of the molecule is O=C(N/N=C/C=N/NC(=O)c1sc2ccccc2c1Cl)c1sc2ccccc2c1Cl. The third kappa shape index (κ3) is 4.08. The minimum atomic E-state index is -0.424. The Bertz CT molecular complexity index is 1230. The molecule has 0 aliphatic heterocycles. The number of fused-ring (bicyclic) bond motifs is 2. The number of benzene rings is 2. The molecule has 30 heavy (non-hydrogen) atoms. The second-order valence-corrected chi connectivity index (χ2v) is 8.78. The van der Waals surface area contributed by atoms with Crippen molar-refractivity contribution in [3.8, 4) is 0 Å². The molecule has 0 unspecified atom stereocenters. The van der Waals surface area contributed by atoms with Crippen molar-refractivity contribution in [3.63, 3.8) is 0 Å². The van der Waals surface area contributed by atoms with Gasteiger partial charge in [-0.25, -0.2) is 10.9 Å². The predicted octanol–water partition coefficient (Wildman–Crippen LogP) is 5.55. The van der Waals surface area contributed by atoms with Crippen molar-refractivity contribution in [1.82, 2.24) is 10.9 Å². The van der Waals surface area contributed by atoms with E-state index in [4.69, 9.17) is 23.2 Å². The third-order valence-corrected chi connectivity index (χ3v) is 7.38. The first-order chi connectivity index (χ1) is 14.6. The summed E-state index contributed by atoms with van der Waals surface area (Å²) in [6, 6.07) is 15.0. The quantitative estimate of drug-likeness (QED) is 0.293. The minimum absolute atomic E-state index is 0.375. The smallest absolute Gasteiger partial charge is 0.266 e. The van der Waals surface area contributed by atoms with Crippen LogP contribution in [0.4, 0.5) is 0 Å². The second kappa shape index (κ2) is 8.93. The van der Waals surface area contributed by atoms with Crippen molar-refractivity contribution in [2.75, 3.05) is 0 Å². The number of hydrazone groups is 2. The van der Waals surface area contributed by atoms with Crippen LogP contribution in [0, 0.1) is 0 Å². The number of nitrogens with zero attached hydrogens (tertiary/aromatic N) is 2. The number of thiophene rings is 2. The highest BCUT2D eigenvalue weighted by Gasteiger charge is 2.17. The maximum atomic E-state index is 12.3. The molecule has 0 saturated heterocycles. The van der Waals surface area contributed by atoms with Gasteiger partial charge in [-0.05, 0) is 12.1 Å². The molecule has 10 heteroatoms. The Kier molecular flexibility index (Phi) is 6.10. The molecular formula is C20H12Cl2N4O2S2. The van der Waals surface area contributed by atoms with E-state index in [1.165, 1.54) is 35.1 Å². The molecule has 0 aliphatic carbocycles. The van der Waals surface area contributed by atoms with Crippen molar-refractivity contribution >= 4 is 90.3 Å². The topological polar surface area (TPSA) is 82.9 Å². The number of carbonyl (C=O) groups excluding carboxylic acids is 2. The Morgan fingerprint density at radius 3 is 1.53 bits per heavy atom. The summed E-state index contributed by atoms with van der Waals surface area (Å²) in [5.41, 5.74) is 4.76. The van der Waals surface area contributed by atoms with Gasteiger partial charge < -0.3 is 0 Å². The van der Waals surface area contributed by atoms with Gasteiger partial charge in [0.05, 0.1) is 22.5 Å². The fraction of sp³-hybridized carbons (Fsp3) is 0. The van der Waals surface area contributed by atoms with Crippen LogP contribution in [0.1, 0.15) is 19.3 Å². The van der Waals surface area contributed by atoms with Gasteiger partial charge in [-0.2, -0.15) is 10.2 Å². The maximum Gasteiger partial charge on any atom is 0.283 e. The Labute approximate surface area is 188 Å². The highest BCUT2D eigenvalue weighted by atomic mass is 35.5. The molecule has 0 saturated carbocycles. The molecule has 0 atom stereocenters. The Hall–Kier alpha value is -2.78. The number of amides is 2. The van der Waals surface area contributed by atoms with Crippen molar-refractivity contribution < 1.29 is 9.59 Å². The van der Waals surface area contributed by atoms with E-state index >= 15 is 0 Å². The molecule has 4 aromatic rings. The van der Waals surface area contributed by atoms with Gasteiger partial charge in [-0.1, -0.05) is 59.6 Å². The first-order valence-electron chi connectivity index (χ1n) is 8.55. The highest BCUT2D eigenvalue weighted by Crippen LogP contribution is 2.35. The van der Waals surface area contributed by atoms with Crippen molar-refractivity contribution in [2.45, 2.75) is 0 Å². The van der Waals surface area contributed by atoms with Gasteiger partial charge in [0.15, 0.2) is 0 Å². The van der Waals surface area contributed by atoms with Crippen LogP contribution in [0.25, 0.3) is 20.2 Å². The molecule has 4 rings (SSSR count). The van der Waals surface area contributed by atoms with Gasteiger partial charge in [0.1, 0.15) is 9.75 Å². The lowest BCUT2D eigenvalue weighted by molar-refractivity contribution is 0.0951. The van der Waals surface area contributed by atoms with E-state index in [9.17, 15) is 9.59 Å². The van der Waals surface area contributed by atoms with Crippen LogP contribution in [0.15, 0.2) is 58.7 Å². The van der Waals surface area contributed by atoms with Crippen LogP contribution in [0.2, 0.25) is 10.0 Å². The van der Waals surface area contributed by atoms with Crippen molar-refractivity contribution in [1.29, 1.82) is 0 Å². The molecule has 0 fully saturated rings. The lowest BCUT2D eigenvalue weighted by Gasteiger charge is -1.97. The molecule has 150 valence electrons. The molecule has 2 heterocycles. The number of nitrogens with one attached hydrogen (secondary N) is 2. The first-order valence-corrected chi connectivity index (χ1v) is 10.9. The lowest BCUT2D eigenvalue weighted by atomic mass is 10.2. The number of hydrogen-bond donors (Lipinski definition) is 2. The van der Waals surface area contributed by atoms with Gasteiger partial charge in [-0.15, -0.1) is 22.7 Å². The van der Waals surface area contributed by atoms with Crippen LogP contribution in [0.5, 0.6) is 0 Å². The van der Waals surface area contributed by atoms with E-state index in [0.717, 1.165) is 20.2 Å². The third-order valence-electron chi connectivity index (χ3n) is 4.03. The van der Waals surface area contributed by atoms with Crippen LogP contribution >= 0.6 is 45.9 Å². The summed E-state index contributed by atoms with van der Waals surface area (Å²) in [6.45, 7) is 0. The fourth-order valence-electron chi connectivity index (χ4n) is 2.68. The number of rotatable bonds is 5. The molecular weight excluding hydrogens is 463 g/mol. The zero-order chi connectivity index (χ0) is 21.1. The molecule has 2 aromatic carbocycles. The van der Waals surface area contributed by atoms with Crippen molar-refractivity contribution in [3.05, 3.63) is 68.3 Å². The van der Waals surface area contributed by atoms with Gasteiger partial charge in [0.2, 0.25) is 0 Å². The highest BCUT2D eigenvalue weighted by molar-refractivity contribution is 7.22. The molecule has 2 amide bonds. The number of carbonyl (C=O) groups is 2. The van der Waals surface area contributed by atoms with E-state index in [2.05, 4.69) is 21.1 Å². The van der Waals surface area contributed by atoms with Crippen LogP contribution in [0.3, 0.4) is 0 Å². The summed E-state index contributed by atoms with van der Waals surface area (Å²) in [5.74, 6) is -0.848. The normalized spacial score (nSPS) is 11.7. The lowest BCUT2D eigenvalue weighted by Crippen LogP contribution is -2.18. The average molecular weight is 475 g/mol. The zero-order valence-corrected chi connectivity index (χ0v) is 18.2. The van der Waals surface area contributed by atoms with Crippen LogP contribution in [-0.2, 0) is 0 Å². The number of hydrogen-bond acceptors (Lipinski definition) is 6. The van der Waals surface area contributed by atoms with E-state index in [0.29, 0.717) is 19.8 Å². The van der Waals surface area contributed by atoms with Gasteiger partial charge >= 0.3 is 0 Å². The summed E-state index contributed by atoms with van der Waals surface area (Å²) in [4.78, 5) is 25.3. The van der Waals surface area contributed by atoms with E-state index < -0.39 is 11.8 Å². The average Bonchev–Trinajstić information content (AvgIpc) is 3.28. The summed E-state index contributed by atoms with van der Waals surface area (Å²) >= 11 is 15.1. The first kappa shape index (κ1) is 20.5. The summed E-state index contributed by atoms with van der Waals surface area (Å²) in [7, 11) is 0. The fourth-order valence-corrected chi connectivity index (χ4v) is 5.49. The number of halogens is 2. The molecule has 0 spiro atoms. The zero-order valence-electron chi connectivity index (χ0n) is 15.1. The standard InChI is InChI=1S/C20H12Cl2N4O2S2/c21-15-11-5-1-3-7-13(11)29-17(15)19(27)25-23-9-10-24-26-20(28)18-16(22)12-6-2-4-8-14(12)30-18/h1-10H,(H,25,27)(H,26,28)/b23-9+,24-10+. The summed E-state index contributed by atoms with van der Waals surface area (Å²) in [5, 5.41) is 9.99. The van der Waals surface area contributed by atoms with E-state index in [-0.39, 0.29) is 0 Å². The monoisotopic (exact) mass is 474 g/mol. The van der Waals surface area contributed by atoms with Gasteiger partial charge in [0.25, 0.3) is 11.8 Å². The van der Waals surface area contributed by atoms with Crippen molar-refractivity contribution in [2.24, 2.45) is 10.2 Å². The molecule has 2 aromatic heterocycles. The van der Waals surface area contributed by atoms with Crippen LogP contribution in [-0.4, -0.2) is 24.2 Å². The largest absolute Gasteiger partial charge is 0.283 e. The van der Waals surface area contributed by atoms with E-state index in [1.807, 2.05) is 48.5 Å². The summed E-state index contributed by atoms with van der Waals surface area (Å²) < 4.78 is 1.83. The maximum absolute atomic E-state index is 12.3. The Morgan fingerprint density at radius 1 is 0.733 bits per heavy atom. The Morgan fingerprint density at radius 2 is 1.13 bits per heavy atom.